The standard InChI is InChI=1S/C15H20O.C2H6/c1-5-7-8-14-11-16-15(6-2)13(4)10-9-12(14)3;1-2/h5-8H,1-2,9-11H2,3-4H3;1-2H3/b8-7-,14-12-,15-13-;. The molecule has 0 fully saturated rings. The number of hydrogen-bond donors (Lipinski definition) is 0. The van der Waals surface area contributed by atoms with E-state index in [-0.39, 0.29) is 0 Å². The molecule has 0 radical (unpaired) electrons. The van der Waals surface area contributed by atoms with Crippen molar-refractivity contribution < 1.29 is 4.74 Å². The molecule has 0 amide bonds. The van der Waals surface area contributed by atoms with E-state index in [0.717, 1.165) is 18.6 Å². The molecular weight excluding hydrogens is 220 g/mol. The Morgan fingerprint density at radius 3 is 2.22 bits per heavy atom. The molecule has 0 aromatic carbocycles. The fraction of sp³-hybridized carbons (Fsp3) is 0.412. The highest BCUT2D eigenvalue weighted by Crippen LogP contribution is 2.23. The third kappa shape index (κ3) is 5.22. The van der Waals surface area contributed by atoms with Crippen LogP contribution in [0.25, 0.3) is 0 Å². The molecule has 1 heterocycles. The van der Waals surface area contributed by atoms with Gasteiger partial charge in [0.2, 0.25) is 0 Å². The molecule has 1 heteroatoms. The van der Waals surface area contributed by atoms with E-state index in [1.54, 1.807) is 12.2 Å². The second-order valence-electron chi connectivity index (χ2n) is 4.04. The van der Waals surface area contributed by atoms with Gasteiger partial charge in [-0.25, -0.2) is 0 Å². The zero-order valence-electron chi connectivity index (χ0n) is 12.3. The Bertz CT molecular complexity index is 367. The Hall–Kier alpha value is -1.50. The first-order chi connectivity index (χ1) is 8.69. The number of rotatable bonds is 3. The number of ether oxygens (including phenoxy) is 1. The normalized spacial score (nSPS) is 24.4. The van der Waals surface area contributed by atoms with Gasteiger partial charge in [-0.15, -0.1) is 0 Å². The zero-order chi connectivity index (χ0) is 14.0. The van der Waals surface area contributed by atoms with Crippen molar-refractivity contribution in [2.75, 3.05) is 6.61 Å². The third-order valence-corrected chi connectivity index (χ3v) is 2.85. The van der Waals surface area contributed by atoms with Crippen molar-refractivity contribution in [1.82, 2.24) is 0 Å². The first kappa shape index (κ1) is 16.5. The zero-order valence-corrected chi connectivity index (χ0v) is 12.3. The van der Waals surface area contributed by atoms with Crippen LogP contribution in [0.3, 0.4) is 0 Å². The molecule has 1 aliphatic heterocycles. The molecule has 0 aromatic rings. The van der Waals surface area contributed by atoms with Crippen LogP contribution in [0.4, 0.5) is 0 Å². The Labute approximate surface area is 112 Å². The molecule has 0 aromatic heterocycles. The molecule has 1 nitrogen and oxygen atoms in total. The monoisotopic (exact) mass is 246 g/mol. The van der Waals surface area contributed by atoms with Gasteiger partial charge in [0.1, 0.15) is 12.4 Å². The lowest BCUT2D eigenvalue weighted by Gasteiger charge is -2.17. The largest absolute Gasteiger partial charge is 0.489 e. The summed E-state index contributed by atoms with van der Waals surface area (Å²) in [5.41, 5.74) is 3.91. The summed E-state index contributed by atoms with van der Waals surface area (Å²) < 4.78 is 5.74. The van der Waals surface area contributed by atoms with Gasteiger partial charge in [-0.3, -0.25) is 0 Å². The average Bonchev–Trinajstić information content (AvgIpc) is 2.40. The summed E-state index contributed by atoms with van der Waals surface area (Å²) >= 11 is 0. The fourth-order valence-corrected chi connectivity index (χ4v) is 1.67. The van der Waals surface area contributed by atoms with Gasteiger partial charge in [-0.1, -0.05) is 50.8 Å². The summed E-state index contributed by atoms with van der Waals surface area (Å²) in [6.07, 6.45) is 9.74. The summed E-state index contributed by atoms with van der Waals surface area (Å²) in [6.45, 7) is 16.4. The number of hydrogen-bond acceptors (Lipinski definition) is 1. The Balaban J connectivity index is 0.00000137. The van der Waals surface area contributed by atoms with Gasteiger partial charge < -0.3 is 4.74 Å². The molecule has 1 rings (SSSR count). The van der Waals surface area contributed by atoms with Gasteiger partial charge in [0.05, 0.1) is 0 Å². The molecule has 0 bridgehead atoms. The lowest BCUT2D eigenvalue weighted by Crippen LogP contribution is -2.04. The summed E-state index contributed by atoms with van der Waals surface area (Å²) in [7, 11) is 0. The van der Waals surface area contributed by atoms with Crippen LogP contribution in [0, 0.1) is 0 Å². The molecule has 0 unspecified atom stereocenters. The van der Waals surface area contributed by atoms with Crippen molar-refractivity contribution in [2.45, 2.75) is 40.5 Å². The van der Waals surface area contributed by atoms with Gasteiger partial charge in [-0.05, 0) is 43.9 Å². The van der Waals surface area contributed by atoms with E-state index in [9.17, 15) is 0 Å². The first-order valence-electron chi connectivity index (χ1n) is 6.61. The van der Waals surface area contributed by atoms with E-state index < -0.39 is 0 Å². The van der Waals surface area contributed by atoms with Crippen molar-refractivity contribution in [2.24, 2.45) is 0 Å². The van der Waals surface area contributed by atoms with Crippen LogP contribution in [-0.2, 0) is 4.74 Å². The second kappa shape index (κ2) is 9.52. The Morgan fingerprint density at radius 2 is 1.67 bits per heavy atom. The summed E-state index contributed by atoms with van der Waals surface area (Å²) in [5.74, 6) is 0.928. The van der Waals surface area contributed by atoms with Crippen LogP contribution in [0.1, 0.15) is 40.5 Å². The van der Waals surface area contributed by atoms with Gasteiger partial charge in [-0.2, -0.15) is 0 Å². The van der Waals surface area contributed by atoms with Gasteiger partial charge in [0.15, 0.2) is 0 Å². The maximum absolute atomic E-state index is 5.74. The van der Waals surface area contributed by atoms with Crippen molar-refractivity contribution in [1.29, 1.82) is 0 Å². The molecule has 18 heavy (non-hydrogen) atoms. The highest BCUT2D eigenvalue weighted by Gasteiger charge is 2.08. The van der Waals surface area contributed by atoms with Crippen LogP contribution >= 0.6 is 0 Å². The number of allylic oxidation sites excluding steroid dienone is 5. The minimum atomic E-state index is 0.620. The van der Waals surface area contributed by atoms with E-state index in [0.29, 0.717) is 6.61 Å². The van der Waals surface area contributed by atoms with Crippen molar-refractivity contribution >= 4 is 0 Å². The summed E-state index contributed by atoms with van der Waals surface area (Å²) in [5, 5.41) is 0. The van der Waals surface area contributed by atoms with E-state index in [4.69, 9.17) is 4.74 Å². The van der Waals surface area contributed by atoms with Crippen LogP contribution < -0.4 is 0 Å². The minimum absolute atomic E-state index is 0.620. The SMILES string of the molecule is C=C/C=C\C1=C(/C)CC/C(C)=C(/C=C)OC1.CC. The van der Waals surface area contributed by atoms with E-state index in [2.05, 4.69) is 33.1 Å². The van der Waals surface area contributed by atoms with E-state index >= 15 is 0 Å². The molecule has 0 saturated heterocycles. The second-order valence-corrected chi connectivity index (χ2v) is 4.04. The maximum atomic E-state index is 5.74. The van der Waals surface area contributed by atoms with Gasteiger partial charge >= 0.3 is 0 Å². The average molecular weight is 246 g/mol. The van der Waals surface area contributed by atoms with Crippen LogP contribution in [0.5, 0.6) is 0 Å². The van der Waals surface area contributed by atoms with Gasteiger partial charge in [0.25, 0.3) is 0 Å². The van der Waals surface area contributed by atoms with E-state index in [1.807, 2.05) is 19.9 Å². The fourth-order valence-electron chi connectivity index (χ4n) is 1.67. The molecule has 0 spiro atoms. The summed E-state index contributed by atoms with van der Waals surface area (Å²) in [4.78, 5) is 0. The highest BCUT2D eigenvalue weighted by atomic mass is 16.5. The van der Waals surface area contributed by atoms with Crippen LogP contribution in [0.2, 0.25) is 0 Å². The first-order valence-corrected chi connectivity index (χ1v) is 6.61. The van der Waals surface area contributed by atoms with E-state index in [1.165, 1.54) is 16.7 Å². The Kier molecular flexibility index (Phi) is 8.73. The molecular formula is C17H26O. The predicted molar refractivity (Wildman–Crippen MR) is 81.5 cm³/mol. The lowest BCUT2D eigenvalue weighted by molar-refractivity contribution is 0.248. The van der Waals surface area contributed by atoms with Crippen molar-refractivity contribution in [3.8, 4) is 0 Å². The summed E-state index contributed by atoms with van der Waals surface area (Å²) in [6, 6.07) is 0. The minimum Gasteiger partial charge on any atom is -0.489 e. The van der Waals surface area contributed by atoms with Crippen LogP contribution in [0.15, 0.2) is 59.9 Å². The Morgan fingerprint density at radius 1 is 1.06 bits per heavy atom. The molecule has 0 saturated carbocycles. The molecule has 100 valence electrons. The topological polar surface area (TPSA) is 9.23 Å². The third-order valence-electron chi connectivity index (χ3n) is 2.85. The van der Waals surface area contributed by atoms with Crippen molar-refractivity contribution in [3.05, 3.63) is 59.9 Å². The van der Waals surface area contributed by atoms with Crippen molar-refractivity contribution in [3.63, 3.8) is 0 Å². The molecule has 1 aliphatic rings. The lowest BCUT2D eigenvalue weighted by atomic mass is 10.00. The highest BCUT2D eigenvalue weighted by molar-refractivity contribution is 5.30. The predicted octanol–water partition coefficient (Wildman–Crippen LogP) is 5.34. The molecule has 0 aliphatic carbocycles. The van der Waals surface area contributed by atoms with Gasteiger partial charge in [0, 0.05) is 0 Å². The molecule has 0 N–H and O–H groups in total. The smallest absolute Gasteiger partial charge is 0.118 e. The molecule has 0 atom stereocenters. The van der Waals surface area contributed by atoms with Crippen LogP contribution in [-0.4, -0.2) is 6.61 Å². The quantitative estimate of drug-likeness (QED) is 0.611. The maximum Gasteiger partial charge on any atom is 0.118 e.